The van der Waals surface area contributed by atoms with Gasteiger partial charge in [-0.15, -0.1) is 11.3 Å². The molecule has 3 aromatic rings. The number of oxazole rings is 2. The molecule has 7 heteroatoms. The van der Waals surface area contributed by atoms with Gasteiger partial charge in [0.05, 0.1) is 17.5 Å². The van der Waals surface area contributed by atoms with Gasteiger partial charge in [-0.3, -0.25) is 4.90 Å². The van der Waals surface area contributed by atoms with Crippen molar-refractivity contribution in [2.75, 3.05) is 6.61 Å². The third-order valence-corrected chi connectivity index (χ3v) is 5.21. The largest absolute Gasteiger partial charge is 0.451 e. The summed E-state index contributed by atoms with van der Waals surface area (Å²) in [5.41, 5.74) is 1.82. The molecule has 1 aliphatic heterocycles. The van der Waals surface area contributed by atoms with E-state index in [4.69, 9.17) is 13.6 Å². The van der Waals surface area contributed by atoms with Crippen LogP contribution in [0.25, 0.3) is 0 Å². The Morgan fingerprint density at radius 3 is 2.38 bits per heavy atom. The Bertz CT molecular complexity index is 697. The molecular weight excluding hydrogens is 326 g/mol. The first-order valence-electron chi connectivity index (χ1n) is 8.03. The molecule has 0 unspecified atom stereocenters. The fourth-order valence-corrected chi connectivity index (χ4v) is 4.07. The van der Waals surface area contributed by atoms with E-state index in [1.54, 1.807) is 12.5 Å². The zero-order valence-corrected chi connectivity index (χ0v) is 14.1. The van der Waals surface area contributed by atoms with Crippen LogP contribution in [0, 0.1) is 0 Å². The monoisotopic (exact) mass is 345 g/mol. The van der Waals surface area contributed by atoms with Gasteiger partial charge < -0.3 is 13.6 Å². The Morgan fingerprint density at radius 2 is 1.79 bits per heavy atom. The third kappa shape index (κ3) is 3.75. The van der Waals surface area contributed by atoms with Gasteiger partial charge in [0.2, 0.25) is 0 Å². The summed E-state index contributed by atoms with van der Waals surface area (Å²) in [5.74, 6) is 0. The Morgan fingerprint density at radius 1 is 1.04 bits per heavy atom. The highest BCUT2D eigenvalue weighted by Gasteiger charge is 2.20. The second-order valence-electron chi connectivity index (χ2n) is 5.91. The van der Waals surface area contributed by atoms with E-state index < -0.39 is 0 Å². The zero-order chi connectivity index (χ0) is 16.2. The molecule has 24 heavy (non-hydrogen) atoms. The first kappa shape index (κ1) is 15.6. The van der Waals surface area contributed by atoms with Gasteiger partial charge in [0.15, 0.2) is 12.8 Å². The molecule has 1 atom stereocenters. The lowest BCUT2D eigenvalue weighted by atomic mass is 10.2. The molecule has 1 saturated heterocycles. The predicted molar refractivity (Wildman–Crippen MR) is 88.2 cm³/mol. The second kappa shape index (κ2) is 7.29. The van der Waals surface area contributed by atoms with Gasteiger partial charge in [0.25, 0.3) is 0 Å². The molecule has 4 rings (SSSR count). The summed E-state index contributed by atoms with van der Waals surface area (Å²) in [7, 11) is 0. The van der Waals surface area contributed by atoms with E-state index in [1.807, 2.05) is 11.3 Å². The molecule has 0 saturated carbocycles. The lowest BCUT2D eigenvalue weighted by Crippen LogP contribution is -2.22. The fraction of sp³-hybridized carbons (Fsp3) is 0.412. The maximum atomic E-state index is 5.78. The molecule has 3 aromatic heterocycles. The van der Waals surface area contributed by atoms with E-state index in [0.717, 1.165) is 37.4 Å². The molecule has 126 valence electrons. The van der Waals surface area contributed by atoms with Crippen molar-refractivity contribution < 1.29 is 13.6 Å². The standard InChI is InChI=1S/C17H19N3O3S/c1-2-16(23-5-1)17-4-3-15(24-17)8-20(6-13-9-21-11-18-13)7-14-10-22-12-19-14/h3-4,9-12,16H,1-2,5-8H2/t16-/m0/s1. The van der Waals surface area contributed by atoms with Gasteiger partial charge >= 0.3 is 0 Å². The number of aromatic nitrogens is 2. The van der Waals surface area contributed by atoms with Crippen LogP contribution in [-0.4, -0.2) is 21.5 Å². The first-order valence-corrected chi connectivity index (χ1v) is 8.85. The van der Waals surface area contributed by atoms with E-state index in [-0.39, 0.29) is 6.10 Å². The lowest BCUT2D eigenvalue weighted by molar-refractivity contribution is 0.114. The number of nitrogens with zero attached hydrogens (tertiary/aromatic N) is 3. The number of thiophene rings is 1. The zero-order valence-electron chi connectivity index (χ0n) is 13.3. The van der Waals surface area contributed by atoms with Gasteiger partial charge in [-0.2, -0.15) is 0 Å². The molecule has 0 spiro atoms. The summed E-state index contributed by atoms with van der Waals surface area (Å²) < 4.78 is 16.0. The van der Waals surface area contributed by atoms with Crippen molar-refractivity contribution in [3.05, 3.63) is 58.6 Å². The van der Waals surface area contributed by atoms with E-state index in [0.29, 0.717) is 13.1 Å². The highest BCUT2D eigenvalue weighted by molar-refractivity contribution is 7.12. The van der Waals surface area contributed by atoms with Gasteiger partial charge in [-0.25, -0.2) is 9.97 Å². The topological polar surface area (TPSA) is 64.5 Å². The Labute approximate surface area is 144 Å². The molecule has 0 bridgehead atoms. The summed E-state index contributed by atoms with van der Waals surface area (Å²) in [6.45, 7) is 3.12. The maximum Gasteiger partial charge on any atom is 0.180 e. The third-order valence-electron chi connectivity index (χ3n) is 4.05. The van der Waals surface area contributed by atoms with Gasteiger partial charge in [-0.1, -0.05) is 0 Å². The van der Waals surface area contributed by atoms with Crippen LogP contribution in [-0.2, 0) is 24.4 Å². The SMILES string of the molecule is c1nc(CN(Cc2cocn2)Cc2ccc([C@@H]3CCCO3)s2)co1. The van der Waals surface area contributed by atoms with Gasteiger partial charge in [0.1, 0.15) is 12.5 Å². The van der Waals surface area contributed by atoms with Crippen molar-refractivity contribution in [3.8, 4) is 0 Å². The maximum absolute atomic E-state index is 5.78. The van der Waals surface area contributed by atoms with Crippen LogP contribution in [0.3, 0.4) is 0 Å². The highest BCUT2D eigenvalue weighted by Crippen LogP contribution is 2.33. The van der Waals surface area contributed by atoms with E-state index in [9.17, 15) is 0 Å². The van der Waals surface area contributed by atoms with Gasteiger partial charge in [-0.05, 0) is 25.0 Å². The van der Waals surface area contributed by atoms with Crippen LogP contribution in [0.5, 0.6) is 0 Å². The van der Waals surface area contributed by atoms with Crippen LogP contribution in [0.1, 0.15) is 40.1 Å². The van der Waals surface area contributed by atoms with Crippen molar-refractivity contribution in [2.45, 2.75) is 38.6 Å². The number of ether oxygens (including phenoxy) is 1. The molecule has 0 amide bonds. The summed E-state index contributed by atoms with van der Waals surface area (Å²) >= 11 is 1.83. The molecule has 4 heterocycles. The Balaban J connectivity index is 1.46. The van der Waals surface area contributed by atoms with Crippen LogP contribution < -0.4 is 0 Å². The predicted octanol–water partition coefficient (Wildman–Crippen LogP) is 3.78. The Hall–Kier alpha value is -1.96. The molecule has 0 aliphatic carbocycles. The van der Waals surface area contributed by atoms with Crippen LogP contribution in [0.15, 0.2) is 46.3 Å². The van der Waals surface area contributed by atoms with E-state index >= 15 is 0 Å². The summed E-state index contributed by atoms with van der Waals surface area (Å²) in [4.78, 5) is 13.4. The van der Waals surface area contributed by atoms with Crippen molar-refractivity contribution in [1.82, 2.24) is 14.9 Å². The fourth-order valence-electron chi connectivity index (χ4n) is 2.93. The van der Waals surface area contributed by atoms with Crippen molar-refractivity contribution in [2.24, 2.45) is 0 Å². The lowest BCUT2D eigenvalue weighted by Gasteiger charge is -2.19. The Kier molecular flexibility index (Phi) is 4.73. The van der Waals surface area contributed by atoms with Crippen molar-refractivity contribution in [3.63, 3.8) is 0 Å². The molecule has 0 radical (unpaired) electrons. The van der Waals surface area contributed by atoms with Crippen LogP contribution in [0.4, 0.5) is 0 Å². The van der Waals surface area contributed by atoms with E-state index in [1.165, 1.54) is 22.5 Å². The number of rotatable bonds is 7. The quantitative estimate of drug-likeness (QED) is 0.649. The second-order valence-corrected chi connectivity index (χ2v) is 7.11. The van der Waals surface area contributed by atoms with Crippen LogP contribution >= 0.6 is 11.3 Å². The van der Waals surface area contributed by atoms with E-state index in [2.05, 4.69) is 27.0 Å². The number of hydrogen-bond acceptors (Lipinski definition) is 7. The average Bonchev–Trinajstić information content (AvgIpc) is 3.37. The molecule has 6 nitrogen and oxygen atoms in total. The summed E-state index contributed by atoms with van der Waals surface area (Å²) in [6.07, 6.45) is 8.85. The average molecular weight is 345 g/mol. The normalized spacial score (nSPS) is 17.8. The number of hydrogen-bond donors (Lipinski definition) is 0. The molecule has 1 fully saturated rings. The first-order chi connectivity index (χ1) is 11.9. The van der Waals surface area contributed by atoms with Gasteiger partial charge in [0, 0.05) is 36.0 Å². The van der Waals surface area contributed by atoms with Crippen molar-refractivity contribution >= 4 is 11.3 Å². The van der Waals surface area contributed by atoms with Crippen molar-refractivity contribution in [1.29, 1.82) is 0 Å². The molecule has 0 N–H and O–H groups in total. The molecular formula is C17H19N3O3S. The summed E-state index contributed by atoms with van der Waals surface area (Å²) in [6, 6.07) is 4.39. The summed E-state index contributed by atoms with van der Waals surface area (Å²) in [5, 5.41) is 0. The highest BCUT2D eigenvalue weighted by atomic mass is 32.1. The van der Waals surface area contributed by atoms with Crippen LogP contribution in [0.2, 0.25) is 0 Å². The minimum Gasteiger partial charge on any atom is -0.451 e. The minimum absolute atomic E-state index is 0.281. The smallest absolute Gasteiger partial charge is 0.180 e. The minimum atomic E-state index is 0.281. The molecule has 0 aromatic carbocycles. The molecule has 1 aliphatic rings.